The van der Waals surface area contributed by atoms with Gasteiger partial charge in [0.15, 0.2) is 5.78 Å². The van der Waals surface area contributed by atoms with Gasteiger partial charge in [0.1, 0.15) is 0 Å². The van der Waals surface area contributed by atoms with Crippen LogP contribution in [0.2, 0.25) is 0 Å². The zero-order valence-corrected chi connectivity index (χ0v) is 18.6. The van der Waals surface area contributed by atoms with E-state index in [1.165, 1.54) is 11.1 Å². The Morgan fingerprint density at radius 2 is 2.00 bits per heavy atom. The number of hydrogen-bond acceptors (Lipinski definition) is 4. The van der Waals surface area contributed by atoms with Crippen molar-refractivity contribution in [3.8, 4) is 0 Å². The maximum Gasteiger partial charge on any atom is 0.312 e. The number of cyclic esters (lactones) is 1. The summed E-state index contributed by atoms with van der Waals surface area (Å²) in [5.74, 6) is 1.40. The second kappa shape index (κ2) is 6.38. The molecule has 0 N–H and O–H groups in total. The molecule has 0 radical (unpaired) electrons. The van der Waals surface area contributed by atoms with E-state index < -0.39 is 10.8 Å². The minimum absolute atomic E-state index is 0.00257. The van der Waals surface area contributed by atoms with Gasteiger partial charge in [0.25, 0.3) is 0 Å². The molecule has 2 fully saturated rings. The zero-order chi connectivity index (χ0) is 20.6. The number of carbonyl (C=O) groups is 2. The van der Waals surface area contributed by atoms with E-state index in [9.17, 15) is 13.8 Å². The lowest BCUT2D eigenvalue weighted by Crippen LogP contribution is -2.51. The summed E-state index contributed by atoms with van der Waals surface area (Å²) in [7, 11) is -0.935. The van der Waals surface area contributed by atoms with Gasteiger partial charge >= 0.3 is 5.97 Å². The van der Waals surface area contributed by atoms with Crippen LogP contribution in [0.15, 0.2) is 23.3 Å². The topological polar surface area (TPSA) is 60.4 Å². The monoisotopic (exact) mass is 416 g/mol. The molecule has 0 aromatic rings. The number of allylic oxidation sites excluding steroid dienone is 3. The third-order valence-electron chi connectivity index (χ3n) is 9.50. The van der Waals surface area contributed by atoms with Crippen LogP contribution in [0.3, 0.4) is 0 Å². The van der Waals surface area contributed by atoms with Crippen molar-refractivity contribution in [2.75, 3.05) is 12.4 Å². The summed E-state index contributed by atoms with van der Waals surface area (Å²) in [6.45, 7) is 7.14. The van der Waals surface area contributed by atoms with Gasteiger partial charge in [-0.25, -0.2) is 0 Å². The van der Waals surface area contributed by atoms with Gasteiger partial charge in [0.2, 0.25) is 0 Å². The van der Waals surface area contributed by atoms with Crippen molar-refractivity contribution < 1.29 is 18.5 Å². The summed E-state index contributed by atoms with van der Waals surface area (Å²) < 4.78 is 18.7. The molecule has 1 spiro atoms. The van der Waals surface area contributed by atoms with Gasteiger partial charge in [-0.1, -0.05) is 38.0 Å². The van der Waals surface area contributed by atoms with Gasteiger partial charge < -0.3 is 4.74 Å². The van der Waals surface area contributed by atoms with Crippen molar-refractivity contribution >= 4 is 22.6 Å². The molecular formula is C24H32O4S. The maximum atomic E-state index is 13.2. The van der Waals surface area contributed by atoms with E-state index in [1.54, 1.807) is 6.08 Å². The Hall–Kier alpha value is -1.23. The molecule has 5 aliphatic rings. The van der Waals surface area contributed by atoms with Gasteiger partial charge in [-0.05, 0) is 61.9 Å². The average Bonchev–Trinajstić information content (AvgIpc) is 3.22. The highest BCUT2D eigenvalue weighted by Gasteiger charge is 2.67. The van der Waals surface area contributed by atoms with Crippen LogP contribution in [0, 0.1) is 28.1 Å². The van der Waals surface area contributed by atoms with Crippen molar-refractivity contribution in [2.45, 2.75) is 71.0 Å². The molecule has 29 heavy (non-hydrogen) atoms. The first-order chi connectivity index (χ1) is 13.8. The predicted octanol–water partition coefficient (Wildman–Crippen LogP) is 4.12. The Morgan fingerprint density at radius 1 is 1.21 bits per heavy atom. The minimum Gasteiger partial charge on any atom is -0.465 e. The van der Waals surface area contributed by atoms with Crippen molar-refractivity contribution in [3.05, 3.63) is 23.3 Å². The van der Waals surface area contributed by atoms with E-state index in [-0.39, 0.29) is 39.2 Å². The molecule has 1 saturated carbocycles. The highest BCUT2D eigenvalue weighted by atomic mass is 32.2. The molecule has 4 aliphatic carbocycles. The molecule has 1 aliphatic heterocycles. The number of ketones is 1. The van der Waals surface area contributed by atoms with Gasteiger partial charge in [0, 0.05) is 28.4 Å². The third-order valence-corrected chi connectivity index (χ3v) is 11.2. The van der Waals surface area contributed by atoms with Crippen LogP contribution in [0.5, 0.6) is 0 Å². The van der Waals surface area contributed by atoms with Crippen LogP contribution in [-0.2, 0) is 25.1 Å². The summed E-state index contributed by atoms with van der Waals surface area (Å²) in [6.07, 6.45) is 9.96. The van der Waals surface area contributed by atoms with Gasteiger partial charge in [-0.15, -0.1) is 0 Å². The van der Waals surface area contributed by atoms with E-state index in [4.69, 9.17) is 4.74 Å². The molecule has 158 valence electrons. The number of fused-ring (bicyclic) bond motifs is 5. The highest BCUT2D eigenvalue weighted by molar-refractivity contribution is 7.85. The molecule has 4 nitrogen and oxygen atoms in total. The van der Waals surface area contributed by atoms with Gasteiger partial charge in [-0.3, -0.25) is 13.8 Å². The van der Waals surface area contributed by atoms with Crippen LogP contribution in [-0.4, -0.2) is 33.6 Å². The molecule has 1 heterocycles. The summed E-state index contributed by atoms with van der Waals surface area (Å²) in [5.41, 5.74) is 2.27. The summed E-state index contributed by atoms with van der Waals surface area (Å²) >= 11 is 0. The molecule has 1 saturated heterocycles. The number of ether oxygens (including phenoxy) is 1. The van der Waals surface area contributed by atoms with Crippen molar-refractivity contribution in [3.63, 3.8) is 0 Å². The number of rotatable bonds is 2. The van der Waals surface area contributed by atoms with E-state index in [0.717, 1.165) is 38.5 Å². The lowest BCUT2D eigenvalue weighted by molar-refractivity contribution is -0.152. The fraction of sp³-hybridized carbons (Fsp3) is 0.750. The maximum absolute atomic E-state index is 13.2. The Balaban J connectivity index is 1.67. The Bertz CT molecular complexity index is 872. The summed E-state index contributed by atoms with van der Waals surface area (Å²) in [5, 5.41) is 0.0320. The first-order valence-corrected chi connectivity index (χ1v) is 12.6. The molecule has 5 rings (SSSR count). The minimum atomic E-state index is -0.935. The normalized spacial score (nSPS) is 47.1. The fourth-order valence-corrected chi connectivity index (χ4v) is 9.16. The second-order valence-corrected chi connectivity index (χ2v) is 12.2. The fourth-order valence-electron chi connectivity index (χ4n) is 7.72. The largest absolute Gasteiger partial charge is 0.465 e. The summed E-state index contributed by atoms with van der Waals surface area (Å²) in [4.78, 5) is 25.0. The van der Waals surface area contributed by atoms with Crippen molar-refractivity contribution in [1.29, 1.82) is 0 Å². The first-order valence-electron chi connectivity index (χ1n) is 11.3. The lowest BCUT2D eigenvalue weighted by atomic mass is 9.50. The van der Waals surface area contributed by atoms with Crippen LogP contribution in [0.4, 0.5) is 0 Å². The molecular weight excluding hydrogens is 384 g/mol. The van der Waals surface area contributed by atoms with Crippen LogP contribution in [0.25, 0.3) is 0 Å². The highest BCUT2D eigenvalue weighted by Crippen LogP contribution is 2.70. The quantitative estimate of drug-likeness (QED) is 0.502. The number of esters is 1. The van der Waals surface area contributed by atoms with E-state index >= 15 is 0 Å². The zero-order valence-electron chi connectivity index (χ0n) is 17.8. The molecule has 5 heteroatoms. The third kappa shape index (κ3) is 2.40. The number of carbonyl (C=O) groups excluding carboxylic acids is 2. The van der Waals surface area contributed by atoms with Crippen molar-refractivity contribution in [1.82, 2.24) is 0 Å². The summed E-state index contributed by atoms with van der Waals surface area (Å²) in [6, 6.07) is 0. The van der Waals surface area contributed by atoms with Crippen LogP contribution in [0.1, 0.15) is 65.7 Å². The molecule has 0 aromatic carbocycles. The predicted molar refractivity (Wildman–Crippen MR) is 113 cm³/mol. The smallest absolute Gasteiger partial charge is 0.312 e. The molecule has 0 amide bonds. The van der Waals surface area contributed by atoms with E-state index in [2.05, 4.69) is 19.9 Å². The standard InChI is InChI=1S/C24H32O4S/c1-4-29(27)19-14-15-13-16(25)5-8-22(15,2)17-6-9-23(3)18(20(17)19)7-10-24(23)11-12-28-21(24)26/h5,8,15,18-19H,4,6-7,9-14H2,1-3H3. The molecule has 0 aromatic heterocycles. The Morgan fingerprint density at radius 3 is 2.69 bits per heavy atom. The average molecular weight is 417 g/mol. The van der Waals surface area contributed by atoms with E-state index in [1.807, 2.05) is 6.92 Å². The van der Waals surface area contributed by atoms with Gasteiger partial charge in [-0.2, -0.15) is 0 Å². The molecule has 7 unspecified atom stereocenters. The second-order valence-electron chi connectivity index (χ2n) is 10.3. The van der Waals surface area contributed by atoms with Crippen LogP contribution >= 0.6 is 0 Å². The van der Waals surface area contributed by atoms with Crippen LogP contribution < -0.4 is 0 Å². The van der Waals surface area contributed by atoms with Crippen molar-refractivity contribution in [2.24, 2.45) is 28.1 Å². The van der Waals surface area contributed by atoms with Gasteiger partial charge in [0.05, 0.1) is 17.3 Å². The first kappa shape index (κ1) is 19.7. The molecule has 0 bridgehead atoms. The Kier molecular flexibility index (Phi) is 4.34. The lowest BCUT2D eigenvalue weighted by Gasteiger charge is -2.55. The molecule has 7 atom stereocenters. The number of hydrogen-bond donors (Lipinski definition) is 0. The van der Waals surface area contributed by atoms with E-state index in [0.29, 0.717) is 24.7 Å². The SMILES string of the molecule is CCS(=O)C1CC2CC(=O)C=CC2(C)C2=C1C1CCC3(CCOC3=O)C1(C)CC2. The Labute approximate surface area is 176 Å².